The van der Waals surface area contributed by atoms with Gasteiger partial charge in [-0.05, 0) is 6.08 Å². The third-order valence-corrected chi connectivity index (χ3v) is 5.34. The van der Waals surface area contributed by atoms with Gasteiger partial charge in [-0.1, -0.05) is 18.3 Å². The van der Waals surface area contributed by atoms with E-state index in [-0.39, 0.29) is 17.2 Å². The van der Waals surface area contributed by atoms with Crippen molar-refractivity contribution in [3.8, 4) is 0 Å². The number of hydrogen-bond donors (Lipinski definition) is 2. The summed E-state index contributed by atoms with van der Waals surface area (Å²) in [6.45, 7) is 3.83. The first-order chi connectivity index (χ1) is 8.22. The molecule has 7 heteroatoms. The molecule has 1 rings (SSSR count). The van der Waals surface area contributed by atoms with Crippen molar-refractivity contribution in [1.82, 2.24) is 10.6 Å². The van der Waals surface area contributed by atoms with Gasteiger partial charge in [-0.3, -0.25) is 9.59 Å². The molecule has 0 radical (unpaired) electrons. The third-order valence-electron chi connectivity index (χ3n) is 1.95. The van der Waals surface area contributed by atoms with Gasteiger partial charge in [0, 0.05) is 34.9 Å². The number of thioether (sulfide) groups is 3. The highest BCUT2D eigenvalue weighted by molar-refractivity contribution is 8.16. The molecule has 0 bridgehead atoms. The Bertz CT molecular complexity index is 281. The zero-order valence-electron chi connectivity index (χ0n) is 9.44. The topological polar surface area (TPSA) is 58.2 Å². The molecule has 4 nitrogen and oxygen atoms in total. The number of carbonyl (C=O) groups is 2. The zero-order valence-corrected chi connectivity index (χ0v) is 11.9. The van der Waals surface area contributed by atoms with Crippen LogP contribution in [-0.4, -0.2) is 46.1 Å². The molecule has 0 unspecified atom stereocenters. The minimum atomic E-state index is -0.203. The van der Waals surface area contributed by atoms with E-state index in [0.717, 1.165) is 16.6 Å². The second kappa shape index (κ2) is 8.77. The van der Waals surface area contributed by atoms with E-state index in [9.17, 15) is 9.59 Å². The summed E-state index contributed by atoms with van der Waals surface area (Å²) < 4.78 is 0. The Balaban J connectivity index is 2.04. The molecular formula is C10H16N2O2S3. The summed E-state index contributed by atoms with van der Waals surface area (Å²) in [7, 11) is 0. The van der Waals surface area contributed by atoms with Crippen LogP contribution in [0.4, 0.5) is 4.79 Å². The fourth-order valence-electron chi connectivity index (χ4n) is 1.17. The van der Waals surface area contributed by atoms with Crippen molar-refractivity contribution < 1.29 is 9.59 Å². The lowest BCUT2D eigenvalue weighted by Crippen LogP contribution is -2.38. The van der Waals surface area contributed by atoms with Gasteiger partial charge in [0.05, 0.1) is 0 Å². The van der Waals surface area contributed by atoms with E-state index in [2.05, 4.69) is 17.2 Å². The minimum Gasteiger partial charge on any atom is -0.352 e. The van der Waals surface area contributed by atoms with Gasteiger partial charge in [0.1, 0.15) is 0 Å². The van der Waals surface area contributed by atoms with Crippen LogP contribution in [0.5, 0.6) is 0 Å². The summed E-state index contributed by atoms with van der Waals surface area (Å²) in [6.07, 6.45) is 1.22. The fraction of sp³-hybridized carbons (Fsp3) is 0.600. The van der Waals surface area contributed by atoms with Gasteiger partial charge in [0.2, 0.25) is 5.91 Å². The van der Waals surface area contributed by atoms with E-state index in [1.807, 2.05) is 23.5 Å². The van der Waals surface area contributed by atoms with E-state index in [1.54, 1.807) is 0 Å². The highest BCUT2D eigenvalue weighted by atomic mass is 32.2. The normalized spacial score (nSPS) is 16.2. The van der Waals surface area contributed by atoms with Crippen molar-refractivity contribution >= 4 is 46.4 Å². The summed E-state index contributed by atoms with van der Waals surface area (Å²) in [5.74, 6) is 2.36. The molecule has 0 spiro atoms. The van der Waals surface area contributed by atoms with Crippen molar-refractivity contribution in [2.75, 3.05) is 28.9 Å². The Morgan fingerprint density at radius 3 is 2.76 bits per heavy atom. The maximum absolute atomic E-state index is 11.5. The molecule has 0 aromatic rings. The average molecular weight is 292 g/mol. The van der Waals surface area contributed by atoms with Crippen molar-refractivity contribution in [2.45, 2.75) is 6.04 Å². The van der Waals surface area contributed by atoms with Crippen LogP contribution in [0, 0.1) is 0 Å². The molecular weight excluding hydrogens is 276 g/mol. The Morgan fingerprint density at radius 2 is 2.12 bits per heavy atom. The van der Waals surface area contributed by atoms with Crippen LogP contribution in [0.25, 0.3) is 0 Å². The molecule has 96 valence electrons. The van der Waals surface area contributed by atoms with Crippen LogP contribution in [-0.2, 0) is 4.79 Å². The third kappa shape index (κ3) is 6.90. The summed E-state index contributed by atoms with van der Waals surface area (Å²) in [5, 5.41) is 6.71. The van der Waals surface area contributed by atoms with Crippen molar-refractivity contribution in [2.24, 2.45) is 0 Å². The smallest absolute Gasteiger partial charge is 0.279 e. The summed E-state index contributed by atoms with van der Waals surface area (Å²) in [6, 6.07) is 0.279. The molecule has 0 atom stereocenters. The molecule has 1 saturated heterocycles. The second-order valence-electron chi connectivity index (χ2n) is 3.33. The number of rotatable bonds is 5. The molecule has 0 saturated carbocycles. The van der Waals surface area contributed by atoms with Crippen LogP contribution >= 0.6 is 35.3 Å². The quantitative estimate of drug-likeness (QED) is 0.594. The van der Waals surface area contributed by atoms with Crippen molar-refractivity contribution in [3.63, 3.8) is 0 Å². The second-order valence-corrected chi connectivity index (χ2v) is 6.83. The van der Waals surface area contributed by atoms with Gasteiger partial charge in [-0.15, -0.1) is 23.5 Å². The van der Waals surface area contributed by atoms with E-state index >= 15 is 0 Å². The molecule has 1 aliphatic heterocycles. The maximum Gasteiger partial charge on any atom is 0.279 e. The molecule has 0 aromatic carbocycles. The zero-order chi connectivity index (χ0) is 12.5. The lowest BCUT2D eigenvalue weighted by molar-refractivity contribution is -0.116. The number of amides is 2. The SMILES string of the molecule is C=CC(=O)NCCSC(=O)NC1CSCSC1. The Labute approximate surface area is 114 Å². The largest absolute Gasteiger partial charge is 0.352 e. The molecule has 0 aliphatic carbocycles. The van der Waals surface area contributed by atoms with E-state index in [4.69, 9.17) is 0 Å². The van der Waals surface area contributed by atoms with Crippen LogP contribution in [0.1, 0.15) is 0 Å². The van der Waals surface area contributed by atoms with Gasteiger partial charge in [0.25, 0.3) is 5.24 Å². The average Bonchev–Trinajstić information content (AvgIpc) is 2.35. The number of nitrogens with one attached hydrogen (secondary N) is 2. The monoisotopic (exact) mass is 292 g/mol. The minimum absolute atomic E-state index is 0.00838. The van der Waals surface area contributed by atoms with Gasteiger partial charge in [0.15, 0.2) is 0 Å². The van der Waals surface area contributed by atoms with Gasteiger partial charge < -0.3 is 10.6 Å². The lowest BCUT2D eigenvalue weighted by Gasteiger charge is -2.21. The van der Waals surface area contributed by atoms with Gasteiger partial charge >= 0.3 is 0 Å². The maximum atomic E-state index is 11.5. The highest BCUT2D eigenvalue weighted by Crippen LogP contribution is 2.21. The van der Waals surface area contributed by atoms with Gasteiger partial charge in [-0.25, -0.2) is 0 Å². The Morgan fingerprint density at radius 1 is 1.41 bits per heavy atom. The van der Waals surface area contributed by atoms with E-state index in [0.29, 0.717) is 12.3 Å². The van der Waals surface area contributed by atoms with Crippen LogP contribution in [0.15, 0.2) is 12.7 Å². The summed E-state index contributed by atoms with van der Waals surface area (Å²) in [5.41, 5.74) is 0. The van der Waals surface area contributed by atoms with Crippen LogP contribution in [0.2, 0.25) is 0 Å². The first-order valence-electron chi connectivity index (χ1n) is 5.21. The molecule has 1 aliphatic rings. The Hall–Kier alpha value is -0.270. The Kier molecular flexibility index (Phi) is 7.63. The standard InChI is InChI=1S/C10H16N2O2S3/c1-2-9(13)11-3-4-17-10(14)12-8-5-15-7-16-6-8/h2,8H,1,3-7H2,(H,11,13)(H,12,14). The van der Waals surface area contributed by atoms with Crippen molar-refractivity contribution in [1.29, 1.82) is 0 Å². The highest BCUT2D eigenvalue weighted by Gasteiger charge is 2.16. The van der Waals surface area contributed by atoms with E-state index in [1.165, 1.54) is 17.8 Å². The van der Waals surface area contributed by atoms with Crippen LogP contribution < -0.4 is 10.6 Å². The number of hydrogen-bond acceptors (Lipinski definition) is 5. The molecule has 1 fully saturated rings. The predicted octanol–water partition coefficient (Wildman–Crippen LogP) is 1.54. The van der Waals surface area contributed by atoms with Crippen molar-refractivity contribution in [3.05, 3.63) is 12.7 Å². The van der Waals surface area contributed by atoms with Crippen LogP contribution in [0.3, 0.4) is 0 Å². The van der Waals surface area contributed by atoms with Gasteiger partial charge in [-0.2, -0.15) is 0 Å². The fourth-order valence-corrected chi connectivity index (χ4v) is 4.17. The molecule has 2 N–H and O–H groups in total. The molecule has 17 heavy (non-hydrogen) atoms. The molecule has 2 amide bonds. The lowest BCUT2D eigenvalue weighted by atomic mass is 10.4. The first kappa shape index (κ1) is 14.8. The summed E-state index contributed by atoms with van der Waals surface area (Å²) >= 11 is 4.91. The predicted molar refractivity (Wildman–Crippen MR) is 77.8 cm³/mol. The molecule has 1 heterocycles. The van der Waals surface area contributed by atoms with E-state index < -0.39 is 0 Å². The summed E-state index contributed by atoms with van der Waals surface area (Å²) in [4.78, 5) is 22.4. The number of carbonyl (C=O) groups excluding carboxylic acids is 2. The first-order valence-corrected chi connectivity index (χ1v) is 8.51. The molecule has 0 aromatic heterocycles.